The highest BCUT2D eigenvalue weighted by molar-refractivity contribution is 9.10. The van der Waals surface area contributed by atoms with Crippen LogP contribution in [-0.4, -0.2) is 44.9 Å². The zero-order valence-electron chi connectivity index (χ0n) is 17.9. The number of thiocarbonyl (C=S) groups is 1. The Morgan fingerprint density at radius 3 is 2.41 bits per heavy atom. The summed E-state index contributed by atoms with van der Waals surface area (Å²) in [6.07, 6.45) is 1.46. The lowest BCUT2D eigenvalue weighted by Crippen LogP contribution is -2.54. The van der Waals surface area contributed by atoms with Gasteiger partial charge in [0.25, 0.3) is 11.8 Å². The molecular weight excluding hydrogens is 500 g/mol. The highest BCUT2D eigenvalue weighted by atomic mass is 79.9. The molecule has 2 amide bonds. The summed E-state index contributed by atoms with van der Waals surface area (Å²) in [4.78, 5) is 27.2. The first-order valence-corrected chi connectivity index (χ1v) is 10.7. The van der Waals surface area contributed by atoms with Crippen LogP contribution in [0.4, 0.5) is 5.69 Å². The smallest absolute Gasteiger partial charge is 0.270 e. The van der Waals surface area contributed by atoms with Crippen molar-refractivity contribution in [3.63, 3.8) is 0 Å². The molecule has 2 aromatic rings. The van der Waals surface area contributed by atoms with Crippen molar-refractivity contribution in [1.29, 1.82) is 0 Å². The second kappa shape index (κ2) is 10.0. The molecule has 3 rings (SSSR count). The lowest BCUT2D eigenvalue weighted by Gasteiger charge is -2.30. The van der Waals surface area contributed by atoms with Gasteiger partial charge in [-0.05, 0) is 71.0 Å². The second-order valence-corrected chi connectivity index (χ2v) is 7.70. The summed E-state index contributed by atoms with van der Waals surface area (Å²) in [5.41, 5.74) is 0.833. The number of amides is 2. The topological polar surface area (TPSA) is 86.3 Å². The molecule has 0 radical (unpaired) electrons. The minimum Gasteiger partial charge on any atom is -0.497 e. The van der Waals surface area contributed by atoms with Crippen molar-refractivity contribution in [2.75, 3.05) is 32.8 Å². The number of carbonyl (C=O) groups excluding carboxylic acids is 2. The van der Waals surface area contributed by atoms with Crippen molar-refractivity contribution >= 4 is 56.8 Å². The lowest BCUT2D eigenvalue weighted by molar-refractivity contribution is -0.122. The van der Waals surface area contributed by atoms with Gasteiger partial charge in [-0.25, -0.2) is 4.90 Å². The van der Waals surface area contributed by atoms with E-state index in [1.165, 1.54) is 32.3 Å². The van der Waals surface area contributed by atoms with Gasteiger partial charge in [-0.15, -0.1) is 0 Å². The monoisotopic (exact) mass is 520 g/mol. The van der Waals surface area contributed by atoms with Crippen LogP contribution in [0, 0.1) is 0 Å². The molecule has 0 unspecified atom stereocenters. The van der Waals surface area contributed by atoms with E-state index in [4.69, 9.17) is 31.2 Å². The third-order valence-corrected chi connectivity index (χ3v) is 5.45. The molecule has 0 saturated carbocycles. The number of ether oxygens (including phenoxy) is 4. The quantitative estimate of drug-likeness (QED) is 0.338. The van der Waals surface area contributed by atoms with Crippen LogP contribution >= 0.6 is 28.1 Å². The minimum absolute atomic E-state index is 0.0499. The number of anilines is 1. The molecule has 8 nitrogen and oxygen atoms in total. The Kier molecular flexibility index (Phi) is 7.37. The maximum Gasteiger partial charge on any atom is 0.270 e. The number of hydrogen-bond donors (Lipinski definition) is 1. The molecule has 32 heavy (non-hydrogen) atoms. The number of benzene rings is 2. The van der Waals surface area contributed by atoms with E-state index in [-0.39, 0.29) is 10.7 Å². The van der Waals surface area contributed by atoms with Crippen molar-refractivity contribution in [3.8, 4) is 23.0 Å². The van der Waals surface area contributed by atoms with Gasteiger partial charge in [0.05, 0.1) is 38.1 Å². The average Bonchev–Trinajstić information content (AvgIpc) is 2.78. The number of nitrogens with one attached hydrogen (secondary N) is 1. The highest BCUT2D eigenvalue weighted by Gasteiger charge is 2.36. The average molecular weight is 521 g/mol. The fourth-order valence-corrected chi connectivity index (χ4v) is 3.97. The normalized spacial score (nSPS) is 15.0. The molecule has 10 heteroatoms. The van der Waals surface area contributed by atoms with E-state index in [9.17, 15) is 9.59 Å². The minimum atomic E-state index is -0.604. The Morgan fingerprint density at radius 2 is 1.78 bits per heavy atom. The Balaban J connectivity index is 2.06. The van der Waals surface area contributed by atoms with Crippen molar-refractivity contribution in [3.05, 3.63) is 45.9 Å². The fourth-order valence-electron chi connectivity index (χ4n) is 3.12. The van der Waals surface area contributed by atoms with E-state index in [0.717, 1.165) is 0 Å². The molecule has 0 bridgehead atoms. The molecule has 0 atom stereocenters. The van der Waals surface area contributed by atoms with Gasteiger partial charge < -0.3 is 18.9 Å². The highest BCUT2D eigenvalue weighted by Crippen LogP contribution is 2.38. The third-order valence-electron chi connectivity index (χ3n) is 4.58. The molecule has 0 aliphatic carbocycles. The Bertz CT molecular complexity index is 1120. The Labute approximate surface area is 199 Å². The van der Waals surface area contributed by atoms with Gasteiger partial charge in [0.1, 0.15) is 17.1 Å². The van der Waals surface area contributed by atoms with Crippen LogP contribution in [0.15, 0.2) is 40.4 Å². The van der Waals surface area contributed by atoms with Crippen LogP contribution in [0.1, 0.15) is 12.5 Å². The predicted octanol–water partition coefficient (Wildman–Crippen LogP) is 3.70. The van der Waals surface area contributed by atoms with Gasteiger partial charge in [0.15, 0.2) is 16.6 Å². The first-order chi connectivity index (χ1) is 15.3. The van der Waals surface area contributed by atoms with E-state index >= 15 is 0 Å². The maximum absolute atomic E-state index is 13.3. The van der Waals surface area contributed by atoms with E-state index in [1.807, 2.05) is 6.92 Å². The standard InChI is InChI=1S/C22H21BrN2O6S/c1-5-31-19-15(23)9-12(10-18(19)30-4)8-14-20(26)24-22(32)25(21(14)27)16-7-6-13(28-2)11-17(16)29-3/h6-11H,5H2,1-4H3,(H,24,26,32)/b14-8+. The molecule has 168 valence electrons. The first kappa shape index (κ1) is 23.6. The number of methoxy groups -OCH3 is 3. The molecule has 0 aromatic heterocycles. The zero-order chi connectivity index (χ0) is 23.4. The summed E-state index contributed by atoms with van der Waals surface area (Å²) < 4.78 is 22.2. The third kappa shape index (κ3) is 4.56. The van der Waals surface area contributed by atoms with Crippen molar-refractivity contribution in [2.24, 2.45) is 0 Å². The molecule has 0 spiro atoms. The van der Waals surface area contributed by atoms with Crippen molar-refractivity contribution in [2.45, 2.75) is 6.92 Å². The van der Waals surface area contributed by atoms with Gasteiger partial charge in [-0.2, -0.15) is 0 Å². The van der Waals surface area contributed by atoms with Gasteiger partial charge in [-0.1, -0.05) is 0 Å². The van der Waals surface area contributed by atoms with Gasteiger partial charge in [0, 0.05) is 6.07 Å². The number of halogens is 1. The number of hydrogen-bond acceptors (Lipinski definition) is 7. The lowest BCUT2D eigenvalue weighted by atomic mass is 10.1. The van der Waals surface area contributed by atoms with Gasteiger partial charge >= 0.3 is 0 Å². The first-order valence-electron chi connectivity index (χ1n) is 9.48. The molecule has 2 aromatic carbocycles. The summed E-state index contributed by atoms with van der Waals surface area (Å²) in [7, 11) is 4.50. The molecule has 1 saturated heterocycles. The van der Waals surface area contributed by atoms with E-state index in [1.54, 1.807) is 30.3 Å². The van der Waals surface area contributed by atoms with Crippen molar-refractivity contribution in [1.82, 2.24) is 5.32 Å². The van der Waals surface area contributed by atoms with Crippen LogP contribution < -0.4 is 29.2 Å². The van der Waals surface area contributed by atoms with Gasteiger partial charge in [-0.3, -0.25) is 14.9 Å². The summed E-state index contributed by atoms with van der Waals surface area (Å²) in [6.45, 7) is 2.31. The maximum atomic E-state index is 13.3. The summed E-state index contributed by atoms with van der Waals surface area (Å²) in [5, 5.41) is 2.51. The summed E-state index contributed by atoms with van der Waals surface area (Å²) >= 11 is 8.72. The van der Waals surface area contributed by atoms with Crippen LogP contribution in [0.2, 0.25) is 0 Å². The van der Waals surface area contributed by atoms with Crippen LogP contribution in [0.3, 0.4) is 0 Å². The molecule has 1 N–H and O–H groups in total. The Morgan fingerprint density at radius 1 is 1.06 bits per heavy atom. The van der Waals surface area contributed by atoms with Crippen LogP contribution in [-0.2, 0) is 9.59 Å². The van der Waals surface area contributed by atoms with Crippen molar-refractivity contribution < 1.29 is 28.5 Å². The van der Waals surface area contributed by atoms with E-state index in [0.29, 0.717) is 45.3 Å². The molecular formula is C22H21BrN2O6S. The van der Waals surface area contributed by atoms with E-state index in [2.05, 4.69) is 21.2 Å². The SMILES string of the molecule is CCOc1c(Br)cc(/C=C2\C(=O)NC(=S)N(c3ccc(OC)cc3OC)C2=O)cc1OC. The second-order valence-electron chi connectivity index (χ2n) is 6.46. The molecule has 1 fully saturated rings. The predicted molar refractivity (Wildman–Crippen MR) is 128 cm³/mol. The van der Waals surface area contributed by atoms with Gasteiger partial charge in [0.2, 0.25) is 0 Å². The Hall–Kier alpha value is -3.11. The largest absolute Gasteiger partial charge is 0.497 e. The van der Waals surface area contributed by atoms with Crippen LogP contribution in [0.25, 0.3) is 6.08 Å². The fraction of sp³-hybridized carbons (Fsp3) is 0.227. The molecule has 1 heterocycles. The molecule has 1 aliphatic rings. The number of nitrogens with zero attached hydrogens (tertiary/aromatic N) is 1. The number of carbonyl (C=O) groups is 2. The number of rotatable bonds is 7. The summed E-state index contributed by atoms with van der Waals surface area (Å²) in [5.74, 6) is 0.704. The van der Waals surface area contributed by atoms with E-state index < -0.39 is 11.8 Å². The van der Waals surface area contributed by atoms with Crippen LogP contribution in [0.5, 0.6) is 23.0 Å². The molecule has 1 aliphatic heterocycles. The zero-order valence-corrected chi connectivity index (χ0v) is 20.3. The summed E-state index contributed by atoms with van der Waals surface area (Å²) in [6, 6.07) is 8.33.